The van der Waals surface area contributed by atoms with Gasteiger partial charge in [0.05, 0.1) is 29.3 Å². The molecule has 0 amide bonds. The van der Waals surface area contributed by atoms with E-state index < -0.39 is 0 Å². The van der Waals surface area contributed by atoms with Gasteiger partial charge in [-0.1, -0.05) is 18.2 Å². The van der Waals surface area contributed by atoms with Gasteiger partial charge in [-0.05, 0) is 49.9 Å². The molecule has 1 N–H and O–H groups in total. The molecular weight excluding hydrogens is 312 g/mol. The van der Waals surface area contributed by atoms with Crippen molar-refractivity contribution in [3.63, 3.8) is 0 Å². The van der Waals surface area contributed by atoms with E-state index in [0.717, 1.165) is 29.7 Å². The molecule has 2 heterocycles. The lowest BCUT2D eigenvalue weighted by molar-refractivity contribution is 0.0881. The second-order valence-corrected chi connectivity index (χ2v) is 6.44. The summed E-state index contributed by atoms with van der Waals surface area (Å²) in [5, 5.41) is 3.67. The van der Waals surface area contributed by atoms with Crippen molar-refractivity contribution in [2.24, 2.45) is 0 Å². The fourth-order valence-electron chi connectivity index (χ4n) is 3.61. The predicted molar refractivity (Wildman–Crippen MR) is 98.1 cm³/mol. The summed E-state index contributed by atoms with van der Waals surface area (Å²) in [7, 11) is 0. The van der Waals surface area contributed by atoms with Gasteiger partial charge in [0.1, 0.15) is 12.6 Å². The van der Waals surface area contributed by atoms with Crippen molar-refractivity contribution >= 4 is 11.0 Å². The summed E-state index contributed by atoms with van der Waals surface area (Å²) >= 11 is 0. The molecule has 5 nitrogen and oxygen atoms in total. The van der Waals surface area contributed by atoms with Crippen LogP contribution in [0.4, 0.5) is 0 Å². The molecule has 1 unspecified atom stereocenters. The molecule has 0 radical (unpaired) electrons. The molecule has 0 bridgehead atoms. The van der Waals surface area contributed by atoms with Gasteiger partial charge in [-0.2, -0.15) is 0 Å². The normalized spacial score (nSPS) is 16.9. The first-order chi connectivity index (χ1) is 12.4. The molecule has 4 rings (SSSR count). The second-order valence-electron chi connectivity index (χ2n) is 6.44. The van der Waals surface area contributed by atoms with Gasteiger partial charge in [-0.25, -0.2) is 4.98 Å². The lowest BCUT2D eigenvalue weighted by Gasteiger charge is -2.25. The van der Waals surface area contributed by atoms with Crippen LogP contribution in [0.2, 0.25) is 0 Å². The number of nitrogens with zero attached hydrogens (tertiary/aromatic N) is 3. The first kappa shape index (κ1) is 16.2. The number of pyridine rings is 1. The van der Waals surface area contributed by atoms with E-state index in [1.807, 2.05) is 31.3 Å². The maximum atomic E-state index is 5.66. The van der Waals surface area contributed by atoms with E-state index in [-0.39, 0.29) is 0 Å². The number of fused-ring (bicyclic) bond motifs is 2. The highest BCUT2D eigenvalue weighted by Crippen LogP contribution is 2.28. The first-order valence-corrected chi connectivity index (χ1v) is 9.06. The van der Waals surface area contributed by atoms with E-state index in [1.165, 1.54) is 17.7 Å². The number of nitrogens with one attached hydrogen (secondary N) is 1. The molecule has 25 heavy (non-hydrogen) atoms. The van der Waals surface area contributed by atoms with E-state index in [0.29, 0.717) is 25.9 Å². The Morgan fingerprint density at radius 2 is 2.16 bits per heavy atom. The standard InChI is InChI=1S/C20H24N4O/c1-2-25-14-24-18-11-4-3-9-16(18)23-19(24)13-22-17-10-5-7-15-8-6-12-21-20(15)17/h3-4,6,8-9,11-12,17,22H,2,5,7,10,13-14H2,1H3. The Balaban J connectivity index is 1.57. The molecular formula is C20H24N4O. The average Bonchev–Trinajstić information content (AvgIpc) is 3.02. The van der Waals surface area contributed by atoms with Gasteiger partial charge in [-0.15, -0.1) is 0 Å². The molecule has 0 fully saturated rings. The van der Waals surface area contributed by atoms with Gasteiger partial charge in [0.15, 0.2) is 0 Å². The number of hydrogen-bond acceptors (Lipinski definition) is 4. The smallest absolute Gasteiger partial charge is 0.125 e. The number of hydrogen-bond donors (Lipinski definition) is 1. The van der Waals surface area contributed by atoms with E-state index in [9.17, 15) is 0 Å². The van der Waals surface area contributed by atoms with Gasteiger partial charge < -0.3 is 14.6 Å². The zero-order valence-electron chi connectivity index (χ0n) is 14.6. The summed E-state index contributed by atoms with van der Waals surface area (Å²) in [5.74, 6) is 1.01. The molecule has 1 aliphatic carbocycles. The maximum absolute atomic E-state index is 5.66. The van der Waals surface area contributed by atoms with Crippen LogP contribution in [-0.4, -0.2) is 21.1 Å². The number of rotatable bonds is 6. The largest absolute Gasteiger partial charge is 0.361 e. The summed E-state index contributed by atoms with van der Waals surface area (Å²) in [5.41, 5.74) is 4.70. The molecule has 3 aromatic rings. The van der Waals surface area contributed by atoms with Gasteiger partial charge in [0, 0.05) is 12.8 Å². The minimum absolute atomic E-state index is 0.297. The van der Waals surface area contributed by atoms with Crippen molar-refractivity contribution < 1.29 is 4.74 Å². The molecule has 1 aromatic carbocycles. The predicted octanol–water partition coefficient (Wildman–Crippen LogP) is 3.59. The molecule has 0 spiro atoms. The SMILES string of the molecule is CCOCn1c(CNC2CCCc3cccnc32)nc2ccccc21. The van der Waals surface area contributed by atoms with E-state index in [4.69, 9.17) is 9.72 Å². The maximum Gasteiger partial charge on any atom is 0.125 e. The van der Waals surface area contributed by atoms with Crippen LogP contribution in [0, 0.1) is 0 Å². The topological polar surface area (TPSA) is 52.0 Å². The Labute approximate surface area is 148 Å². The number of aryl methyl sites for hydroxylation is 1. The summed E-state index contributed by atoms with van der Waals surface area (Å²) in [6.45, 7) is 3.96. The summed E-state index contributed by atoms with van der Waals surface area (Å²) in [6.07, 6.45) is 5.34. The fraction of sp³-hybridized carbons (Fsp3) is 0.400. The number of para-hydroxylation sites is 2. The molecule has 0 aliphatic heterocycles. The first-order valence-electron chi connectivity index (χ1n) is 9.06. The van der Waals surface area contributed by atoms with Crippen molar-refractivity contribution in [2.75, 3.05) is 6.61 Å². The number of imidazole rings is 1. The molecule has 5 heteroatoms. The molecule has 1 aliphatic rings. The Kier molecular flexibility index (Phi) is 4.76. The van der Waals surface area contributed by atoms with Crippen molar-refractivity contribution in [1.82, 2.24) is 19.9 Å². The van der Waals surface area contributed by atoms with E-state index >= 15 is 0 Å². The van der Waals surface area contributed by atoms with Gasteiger partial charge in [-0.3, -0.25) is 4.98 Å². The lowest BCUT2D eigenvalue weighted by atomic mass is 9.92. The van der Waals surface area contributed by atoms with Gasteiger partial charge in [0.2, 0.25) is 0 Å². The number of aromatic nitrogens is 3. The molecule has 1 atom stereocenters. The van der Waals surface area contributed by atoms with Crippen LogP contribution in [0.1, 0.15) is 42.9 Å². The van der Waals surface area contributed by atoms with Crippen LogP contribution in [0.5, 0.6) is 0 Å². The Morgan fingerprint density at radius 3 is 3.08 bits per heavy atom. The van der Waals surface area contributed by atoms with Gasteiger partial charge >= 0.3 is 0 Å². The minimum Gasteiger partial charge on any atom is -0.361 e. The van der Waals surface area contributed by atoms with Crippen LogP contribution < -0.4 is 5.32 Å². The Bertz CT molecular complexity index is 858. The van der Waals surface area contributed by atoms with E-state index in [1.54, 1.807) is 0 Å². The number of ether oxygens (including phenoxy) is 1. The van der Waals surface area contributed by atoms with Crippen LogP contribution >= 0.6 is 0 Å². The monoisotopic (exact) mass is 336 g/mol. The van der Waals surface area contributed by atoms with Crippen molar-refractivity contribution in [1.29, 1.82) is 0 Å². The lowest BCUT2D eigenvalue weighted by Crippen LogP contribution is -2.27. The zero-order chi connectivity index (χ0) is 17.1. The third-order valence-corrected chi connectivity index (χ3v) is 4.86. The average molecular weight is 336 g/mol. The molecule has 130 valence electrons. The Hall–Kier alpha value is -2.24. The number of benzene rings is 1. The highest BCUT2D eigenvalue weighted by Gasteiger charge is 2.21. The van der Waals surface area contributed by atoms with Crippen molar-refractivity contribution in [2.45, 2.75) is 45.5 Å². The third kappa shape index (κ3) is 3.30. The highest BCUT2D eigenvalue weighted by atomic mass is 16.5. The highest BCUT2D eigenvalue weighted by molar-refractivity contribution is 5.75. The second kappa shape index (κ2) is 7.33. The van der Waals surface area contributed by atoms with Crippen LogP contribution in [0.3, 0.4) is 0 Å². The summed E-state index contributed by atoms with van der Waals surface area (Å²) in [4.78, 5) is 9.42. The van der Waals surface area contributed by atoms with Crippen molar-refractivity contribution in [3.8, 4) is 0 Å². The van der Waals surface area contributed by atoms with Gasteiger partial charge in [0.25, 0.3) is 0 Å². The van der Waals surface area contributed by atoms with Crippen LogP contribution in [-0.2, 0) is 24.4 Å². The fourth-order valence-corrected chi connectivity index (χ4v) is 3.61. The van der Waals surface area contributed by atoms with Crippen LogP contribution in [0.25, 0.3) is 11.0 Å². The van der Waals surface area contributed by atoms with Crippen LogP contribution in [0.15, 0.2) is 42.6 Å². The molecule has 0 saturated heterocycles. The third-order valence-electron chi connectivity index (χ3n) is 4.86. The summed E-state index contributed by atoms with van der Waals surface area (Å²) < 4.78 is 7.82. The molecule has 2 aromatic heterocycles. The minimum atomic E-state index is 0.297. The quantitative estimate of drug-likeness (QED) is 0.747. The summed E-state index contributed by atoms with van der Waals surface area (Å²) in [6, 6.07) is 12.7. The Morgan fingerprint density at radius 1 is 1.24 bits per heavy atom. The van der Waals surface area contributed by atoms with E-state index in [2.05, 4.69) is 33.1 Å². The zero-order valence-corrected chi connectivity index (χ0v) is 14.6. The van der Waals surface area contributed by atoms with Crippen molar-refractivity contribution in [3.05, 3.63) is 59.7 Å². The molecule has 0 saturated carbocycles.